The predicted molar refractivity (Wildman–Crippen MR) is 127 cm³/mol. The number of rotatable bonds is 2. The summed E-state index contributed by atoms with van der Waals surface area (Å²) in [7, 11) is 2.03. The van der Waals surface area contributed by atoms with Gasteiger partial charge >= 0.3 is 6.03 Å². The number of nitrogens with one attached hydrogen (secondary N) is 1. The molecule has 1 N–H and O–H groups in total. The molecule has 166 valence electrons. The van der Waals surface area contributed by atoms with Gasteiger partial charge in [0.05, 0.1) is 5.69 Å². The fourth-order valence-corrected chi connectivity index (χ4v) is 4.69. The van der Waals surface area contributed by atoms with Crippen LogP contribution in [-0.4, -0.2) is 30.4 Å². The van der Waals surface area contributed by atoms with E-state index < -0.39 is 17.8 Å². The van der Waals surface area contributed by atoms with Crippen LogP contribution < -0.4 is 15.1 Å². The van der Waals surface area contributed by atoms with E-state index in [1.165, 1.54) is 6.08 Å². The van der Waals surface area contributed by atoms with E-state index in [9.17, 15) is 14.4 Å². The summed E-state index contributed by atoms with van der Waals surface area (Å²) in [6, 6.07) is 9.19. The first-order chi connectivity index (χ1) is 15.0. The number of benzene rings is 2. The van der Waals surface area contributed by atoms with E-state index in [0.29, 0.717) is 21.3 Å². The maximum absolute atomic E-state index is 13.1. The molecule has 6 nitrogen and oxygen atoms in total. The summed E-state index contributed by atoms with van der Waals surface area (Å²) >= 11 is 12.5. The Morgan fingerprint density at radius 1 is 1.09 bits per heavy atom. The lowest BCUT2D eigenvalue weighted by Gasteiger charge is -2.45. The molecule has 4 amide bonds. The van der Waals surface area contributed by atoms with Crippen LogP contribution >= 0.6 is 23.2 Å². The third kappa shape index (κ3) is 3.78. The molecular weight excluding hydrogens is 449 g/mol. The van der Waals surface area contributed by atoms with Gasteiger partial charge in [-0.3, -0.25) is 14.9 Å². The number of anilines is 2. The summed E-state index contributed by atoms with van der Waals surface area (Å²) in [6.07, 6.45) is 2.40. The first kappa shape index (κ1) is 22.4. The number of hydrogen-bond donors (Lipinski definition) is 1. The van der Waals surface area contributed by atoms with E-state index in [1.807, 2.05) is 19.2 Å². The summed E-state index contributed by atoms with van der Waals surface area (Å²) < 4.78 is 0. The van der Waals surface area contributed by atoms with Crippen molar-refractivity contribution in [3.8, 4) is 0 Å². The molecule has 32 heavy (non-hydrogen) atoms. The summed E-state index contributed by atoms with van der Waals surface area (Å²) in [4.78, 5) is 41.2. The largest absolute Gasteiger partial charge is 0.369 e. The quantitative estimate of drug-likeness (QED) is 0.471. The van der Waals surface area contributed by atoms with Crippen molar-refractivity contribution in [3.63, 3.8) is 0 Å². The Morgan fingerprint density at radius 3 is 2.41 bits per heavy atom. The number of barbiturate groups is 1. The highest BCUT2D eigenvalue weighted by Crippen LogP contribution is 2.44. The van der Waals surface area contributed by atoms with Crippen LogP contribution in [0.3, 0.4) is 0 Å². The standard InChI is InChI=1S/C24H23Cl2N3O3/c1-13-12-24(2,3)28(4)20-11-19(26)14(9-17(13)20)10-18-21(30)27-23(32)29(22(18)31)16-7-5-15(25)6-8-16/h5-11,13H,12H2,1-4H3,(H,27,30,32)/b18-10-. The number of carbonyl (C=O) groups excluding carboxylic acids is 3. The molecule has 2 aliphatic heterocycles. The van der Waals surface area contributed by atoms with Gasteiger partial charge in [0.25, 0.3) is 11.8 Å². The first-order valence-electron chi connectivity index (χ1n) is 10.2. The molecule has 0 bridgehead atoms. The highest BCUT2D eigenvalue weighted by Gasteiger charge is 2.38. The lowest BCUT2D eigenvalue weighted by atomic mass is 9.80. The zero-order chi connectivity index (χ0) is 23.4. The van der Waals surface area contributed by atoms with E-state index >= 15 is 0 Å². The average Bonchev–Trinajstić information content (AvgIpc) is 2.71. The molecule has 0 saturated carbocycles. The third-order valence-corrected chi connectivity index (χ3v) is 6.82. The Hall–Kier alpha value is -2.83. The molecule has 1 fully saturated rings. The van der Waals surface area contributed by atoms with Gasteiger partial charge in [0.15, 0.2) is 0 Å². The van der Waals surface area contributed by atoms with Gasteiger partial charge in [-0.15, -0.1) is 0 Å². The zero-order valence-corrected chi connectivity index (χ0v) is 19.7. The fraction of sp³-hybridized carbons (Fsp3) is 0.292. The second-order valence-electron chi connectivity index (χ2n) is 8.84. The predicted octanol–water partition coefficient (Wildman–Crippen LogP) is 5.38. The fourth-order valence-electron chi connectivity index (χ4n) is 4.35. The Labute approximate surface area is 196 Å². The summed E-state index contributed by atoms with van der Waals surface area (Å²) in [6.45, 7) is 6.52. The molecular formula is C24H23Cl2N3O3. The van der Waals surface area contributed by atoms with Crippen LogP contribution in [0.1, 0.15) is 44.2 Å². The second kappa shape index (κ2) is 7.94. The Bertz CT molecular complexity index is 1170. The monoisotopic (exact) mass is 471 g/mol. The molecule has 0 aromatic heterocycles. The van der Waals surface area contributed by atoms with Crippen molar-refractivity contribution < 1.29 is 14.4 Å². The normalized spacial score (nSPS) is 21.6. The lowest BCUT2D eigenvalue weighted by Crippen LogP contribution is -2.54. The maximum Gasteiger partial charge on any atom is 0.335 e. The van der Waals surface area contributed by atoms with Gasteiger partial charge in [-0.2, -0.15) is 0 Å². The van der Waals surface area contributed by atoms with Crippen molar-refractivity contribution >= 4 is 58.5 Å². The van der Waals surface area contributed by atoms with Gasteiger partial charge in [0, 0.05) is 28.3 Å². The maximum atomic E-state index is 13.1. The van der Waals surface area contributed by atoms with Gasteiger partial charge in [0.2, 0.25) is 0 Å². The zero-order valence-electron chi connectivity index (χ0n) is 18.2. The summed E-state index contributed by atoms with van der Waals surface area (Å²) in [5, 5.41) is 3.11. The molecule has 8 heteroatoms. The number of halogens is 2. The van der Waals surface area contributed by atoms with Crippen molar-refractivity contribution in [3.05, 3.63) is 63.1 Å². The van der Waals surface area contributed by atoms with Crippen LogP contribution in [-0.2, 0) is 9.59 Å². The van der Waals surface area contributed by atoms with E-state index in [1.54, 1.807) is 24.3 Å². The molecule has 1 unspecified atom stereocenters. The van der Waals surface area contributed by atoms with Crippen LogP contribution in [0, 0.1) is 0 Å². The lowest BCUT2D eigenvalue weighted by molar-refractivity contribution is -0.122. The number of fused-ring (bicyclic) bond motifs is 1. The van der Waals surface area contributed by atoms with Crippen molar-refractivity contribution in [1.29, 1.82) is 0 Å². The Morgan fingerprint density at radius 2 is 1.75 bits per heavy atom. The molecule has 0 radical (unpaired) electrons. The summed E-state index contributed by atoms with van der Waals surface area (Å²) in [5.74, 6) is -1.21. The number of nitrogens with zero attached hydrogens (tertiary/aromatic N) is 2. The van der Waals surface area contributed by atoms with E-state index in [2.05, 4.69) is 31.0 Å². The van der Waals surface area contributed by atoms with Gasteiger partial charge < -0.3 is 4.90 Å². The van der Waals surface area contributed by atoms with E-state index in [-0.39, 0.29) is 17.0 Å². The van der Waals surface area contributed by atoms with Crippen LogP contribution in [0.2, 0.25) is 10.0 Å². The van der Waals surface area contributed by atoms with Gasteiger partial charge in [-0.05, 0) is 79.8 Å². The van der Waals surface area contributed by atoms with Gasteiger partial charge in [0.1, 0.15) is 5.57 Å². The van der Waals surface area contributed by atoms with Crippen molar-refractivity contribution in [2.45, 2.75) is 38.6 Å². The number of amides is 4. The summed E-state index contributed by atoms with van der Waals surface area (Å²) in [5.41, 5.74) is 2.79. The van der Waals surface area contributed by atoms with E-state index in [0.717, 1.165) is 22.6 Å². The van der Waals surface area contributed by atoms with Gasteiger partial charge in [-0.25, -0.2) is 9.69 Å². The molecule has 1 atom stereocenters. The van der Waals surface area contributed by atoms with Crippen molar-refractivity contribution in [1.82, 2.24) is 5.32 Å². The molecule has 2 aromatic rings. The van der Waals surface area contributed by atoms with Crippen LogP contribution in [0.4, 0.5) is 16.2 Å². The minimum atomic E-state index is -0.812. The molecule has 1 saturated heterocycles. The minimum Gasteiger partial charge on any atom is -0.369 e. The number of hydrogen-bond acceptors (Lipinski definition) is 4. The molecule has 0 aliphatic carbocycles. The molecule has 2 heterocycles. The molecule has 2 aliphatic rings. The molecule has 2 aromatic carbocycles. The number of urea groups is 1. The highest BCUT2D eigenvalue weighted by molar-refractivity contribution is 6.40. The smallest absolute Gasteiger partial charge is 0.335 e. The Kier molecular flexibility index (Phi) is 5.55. The molecule has 4 rings (SSSR count). The van der Waals surface area contributed by atoms with Crippen molar-refractivity contribution in [2.75, 3.05) is 16.8 Å². The number of imide groups is 2. The van der Waals surface area contributed by atoms with Crippen LogP contribution in [0.5, 0.6) is 0 Å². The van der Waals surface area contributed by atoms with Crippen LogP contribution in [0.25, 0.3) is 6.08 Å². The van der Waals surface area contributed by atoms with E-state index in [4.69, 9.17) is 23.2 Å². The first-order valence-corrected chi connectivity index (χ1v) is 11.0. The van der Waals surface area contributed by atoms with Crippen LogP contribution in [0.15, 0.2) is 42.0 Å². The Balaban J connectivity index is 1.77. The minimum absolute atomic E-state index is 0.0195. The topological polar surface area (TPSA) is 69.7 Å². The average molecular weight is 472 g/mol. The van der Waals surface area contributed by atoms with Gasteiger partial charge in [-0.1, -0.05) is 30.1 Å². The number of carbonyl (C=O) groups is 3. The highest BCUT2D eigenvalue weighted by atomic mass is 35.5. The SMILES string of the molecule is CC1CC(C)(C)N(C)c2cc(Cl)c(/C=C3/C(=O)NC(=O)N(c4ccc(Cl)cc4)C3=O)cc21. The molecule has 0 spiro atoms. The second-order valence-corrected chi connectivity index (χ2v) is 9.69. The van der Waals surface area contributed by atoms with Crippen molar-refractivity contribution in [2.24, 2.45) is 0 Å². The third-order valence-electron chi connectivity index (χ3n) is 6.24.